The average Bonchev–Trinajstić information content (AvgIpc) is 2.78. The highest BCUT2D eigenvalue weighted by atomic mass is 35.5. The third kappa shape index (κ3) is 6.31. The van der Waals surface area contributed by atoms with Crippen LogP contribution in [-0.4, -0.2) is 53.9 Å². The first kappa shape index (κ1) is 25.6. The van der Waals surface area contributed by atoms with Gasteiger partial charge in [-0.1, -0.05) is 25.4 Å². The lowest BCUT2D eigenvalue weighted by Gasteiger charge is -2.37. The molecule has 0 aliphatic carbocycles. The number of amides is 2. The summed E-state index contributed by atoms with van der Waals surface area (Å²) in [7, 11) is 0. The van der Waals surface area contributed by atoms with Gasteiger partial charge < -0.3 is 15.1 Å². The number of hydrogen-bond acceptors (Lipinski definition) is 4. The monoisotopic (exact) mass is 488 g/mol. The lowest BCUT2D eigenvalue weighted by molar-refractivity contribution is -0.140. The Bertz CT molecular complexity index is 849. The van der Waals surface area contributed by atoms with Crippen LogP contribution in [0.3, 0.4) is 0 Å². The first-order chi connectivity index (χ1) is 15.5. The third-order valence-corrected chi connectivity index (χ3v) is 7.12. The Balaban J connectivity index is 1.49. The van der Waals surface area contributed by atoms with Crippen LogP contribution in [0.5, 0.6) is 0 Å². The van der Waals surface area contributed by atoms with E-state index in [1.54, 1.807) is 0 Å². The molecule has 33 heavy (non-hydrogen) atoms. The number of alkyl halides is 3. The maximum absolute atomic E-state index is 13.0. The van der Waals surface area contributed by atoms with Gasteiger partial charge in [0.15, 0.2) is 0 Å². The molecular formula is C23H32ClF3N4O2. The van der Waals surface area contributed by atoms with E-state index >= 15 is 0 Å². The molecule has 184 valence electrons. The zero-order chi connectivity index (χ0) is 24.3. The Labute approximate surface area is 197 Å². The fraction of sp³-hybridized carbons (Fsp3) is 0.696. The van der Waals surface area contributed by atoms with E-state index in [0.717, 1.165) is 12.3 Å². The van der Waals surface area contributed by atoms with Crippen LogP contribution in [0.15, 0.2) is 12.3 Å². The fourth-order valence-corrected chi connectivity index (χ4v) is 4.57. The van der Waals surface area contributed by atoms with E-state index in [1.165, 1.54) is 0 Å². The fourth-order valence-electron chi connectivity index (χ4n) is 4.29. The average molecular weight is 489 g/mol. The maximum Gasteiger partial charge on any atom is 0.417 e. The minimum atomic E-state index is -4.49. The summed E-state index contributed by atoms with van der Waals surface area (Å²) in [4.78, 5) is 33.1. The van der Waals surface area contributed by atoms with Crippen LogP contribution >= 0.6 is 11.6 Å². The first-order valence-corrected chi connectivity index (χ1v) is 11.9. The van der Waals surface area contributed by atoms with Gasteiger partial charge >= 0.3 is 6.18 Å². The molecule has 0 saturated carbocycles. The van der Waals surface area contributed by atoms with Crippen molar-refractivity contribution < 1.29 is 22.8 Å². The van der Waals surface area contributed by atoms with Crippen molar-refractivity contribution in [2.45, 2.75) is 58.7 Å². The number of pyridine rings is 1. The molecule has 0 radical (unpaired) electrons. The van der Waals surface area contributed by atoms with Crippen molar-refractivity contribution >= 4 is 29.2 Å². The van der Waals surface area contributed by atoms with Gasteiger partial charge in [0, 0.05) is 50.3 Å². The molecule has 3 rings (SSSR count). The minimum absolute atomic E-state index is 0.0401. The normalized spacial score (nSPS) is 19.6. The molecule has 1 aromatic rings. The van der Waals surface area contributed by atoms with E-state index < -0.39 is 11.7 Å². The van der Waals surface area contributed by atoms with Crippen LogP contribution in [0, 0.1) is 17.8 Å². The number of carbonyl (C=O) groups is 2. The summed E-state index contributed by atoms with van der Waals surface area (Å²) in [5, 5.41) is 3.03. The number of likely N-dealkylation sites (tertiary alicyclic amines) is 1. The Hall–Kier alpha value is -2.03. The van der Waals surface area contributed by atoms with E-state index in [4.69, 9.17) is 11.6 Å². The second-order valence-electron chi connectivity index (χ2n) is 9.43. The summed E-state index contributed by atoms with van der Waals surface area (Å²) in [5.74, 6) is 0.644. The van der Waals surface area contributed by atoms with Crippen molar-refractivity contribution in [1.29, 1.82) is 0 Å². The maximum atomic E-state index is 13.0. The number of rotatable bonds is 5. The number of aromatic nitrogens is 1. The third-order valence-electron chi connectivity index (χ3n) is 6.84. The van der Waals surface area contributed by atoms with Crippen LogP contribution < -0.4 is 10.2 Å². The Morgan fingerprint density at radius 2 is 1.64 bits per heavy atom. The number of halogens is 4. The van der Waals surface area contributed by atoms with Crippen LogP contribution in [0.2, 0.25) is 5.02 Å². The zero-order valence-corrected chi connectivity index (χ0v) is 20.0. The zero-order valence-electron chi connectivity index (χ0n) is 19.3. The SMILES string of the molecule is CC(C)C(C)NC(=O)C1CCN(C(=O)C2CCN(c3ncc(C(F)(F)F)cc3Cl)CC2)CC1. The van der Waals surface area contributed by atoms with E-state index in [-0.39, 0.29) is 34.7 Å². The summed E-state index contributed by atoms with van der Waals surface area (Å²) in [6.07, 6.45) is -1.21. The van der Waals surface area contributed by atoms with Crippen molar-refractivity contribution in [1.82, 2.24) is 15.2 Å². The van der Waals surface area contributed by atoms with Crippen LogP contribution in [0.4, 0.5) is 19.0 Å². The van der Waals surface area contributed by atoms with Gasteiger partial charge in [0.05, 0.1) is 10.6 Å². The highest BCUT2D eigenvalue weighted by molar-refractivity contribution is 6.33. The van der Waals surface area contributed by atoms with Gasteiger partial charge in [-0.05, 0) is 44.6 Å². The molecule has 6 nitrogen and oxygen atoms in total. The Morgan fingerprint density at radius 3 is 2.15 bits per heavy atom. The molecule has 2 aliphatic heterocycles. The second kappa shape index (κ2) is 10.5. The number of piperidine rings is 2. The standard InChI is InChI=1S/C23H32ClF3N4O2/c1-14(2)15(3)29-21(32)16-4-10-31(11-5-16)22(33)17-6-8-30(9-7-17)20-19(24)12-18(13-28-20)23(25,26)27/h12-17H,4-11H2,1-3H3,(H,29,32). The van der Waals surface area contributed by atoms with Crippen LogP contribution in [0.25, 0.3) is 0 Å². The van der Waals surface area contributed by atoms with Crippen molar-refractivity contribution in [3.63, 3.8) is 0 Å². The van der Waals surface area contributed by atoms with Crippen LogP contribution in [0.1, 0.15) is 52.0 Å². The number of anilines is 1. The molecular weight excluding hydrogens is 457 g/mol. The molecule has 2 aliphatic rings. The van der Waals surface area contributed by atoms with E-state index in [9.17, 15) is 22.8 Å². The summed E-state index contributed by atoms with van der Waals surface area (Å²) in [5.41, 5.74) is -0.878. The van der Waals surface area contributed by atoms with Gasteiger partial charge in [0.25, 0.3) is 0 Å². The van der Waals surface area contributed by atoms with Crippen molar-refractivity contribution in [2.75, 3.05) is 31.1 Å². The molecule has 10 heteroatoms. The molecule has 2 saturated heterocycles. The van der Waals surface area contributed by atoms with Crippen LogP contribution in [-0.2, 0) is 15.8 Å². The largest absolute Gasteiger partial charge is 0.417 e. The topological polar surface area (TPSA) is 65.5 Å². The van der Waals surface area contributed by atoms with Gasteiger partial charge in [-0.25, -0.2) is 4.98 Å². The van der Waals surface area contributed by atoms with Crippen molar-refractivity contribution in [2.24, 2.45) is 17.8 Å². The van der Waals surface area contributed by atoms with E-state index in [1.807, 2.05) is 16.7 Å². The van der Waals surface area contributed by atoms with Gasteiger partial charge in [-0.3, -0.25) is 9.59 Å². The summed E-state index contributed by atoms with van der Waals surface area (Å²) < 4.78 is 38.5. The molecule has 0 aromatic carbocycles. The quantitative estimate of drug-likeness (QED) is 0.668. The smallest absolute Gasteiger partial charge is 0.355 e. The molecule has 1 atom stereocenters. The Morgan fingerprint density at radius 1 is 1.06 bits per heavy atom. The predicted octanol–water partition coefficient (Wildman–Crippen LogP) is 4.37. The molecule has 1 aromatic heterocycles. The Kier molecular flexibility index (Phi) is 8.13. The minimum Gasteiger partial charge on any atom is -0.355 e. The first-order valence-electron chi connectivity index (χ1n) is 11.5. The molecule has 2 amide bonds. The van der Waals surface area contributed by atoms with Crippen molar-refractivity contribution in [3.8, 4) is 0 Å². The molecule has 1 N–H and O–H groups in total. The predicted molar refractivity (Wildman–Crippen MR) is 121 cm³/mol. The molecule has 0 bridgehead atoms. The van der Waals surface area contributed by atoms with Gasteiger partial charge in [-0.2, -0.15) is 13.2 Å². The number of carbonyl (C=O) groups excluding carboxylic acids is 2. The number of nitrogens with zero attached hydrogens (tertiary/aromatic N) is 3. The van der Waals surface area contributed by atoms with Gasteiger partial charge in [0.2, 0.25) is 11.8 Å². The summed E-state index contributed by atoms with van der Waals surface area (Å²) in [6, 6.07) is 1.01. The molecule has 0 spiro atoms. The number of hydrogen-bond donors (Lipinski definition) is 1. The summed E-state index contributed by atoms with van der Waals surface area (Å²) in [6.45, 7) is 8.28. The highest BCUT2D eigenvalue weighted by Gasteiger charge is 2.35. The van der Waals surface area contributed by atoms with Gasteiger partial charge in [0.1, 0.15) is 5.82 Å². The van der Waals surface area contributed by atoms with Gasteiger partial charge in [-0.15, -0.1) is 0 Å². The molecule has 2 fully saturated rings. The summed E-state index contributed by atoms with van der Waals surface area (Å²) >= 11 is 6.07. The number of nitrogens with one attached hydrogen (secondary N) is 1. The van der Waals surface area contributed by atoms with Crippen molar-refractivity contribution in [3.05, 3.63) is 22.8 Å². The highest BCUT2D eigenvalue weighted by Crippen LogP contribution is 2.35. The molecule has 1 unspecified atom stereocenters. The molecule has 3 heterocycles. The lowest BCUT2D eigenvalue weighted by Crippen LogP contribution is -2.48. The lowest BCUT2D eigenvalue weighted by atomic mass is 9.91. The van der Waals surface area contributed by atoms with E-state index in [0.29, 0.717) is 63.6 Å². The van der Waals surface area contributed by atoms with E-state index in [2.05, 4.69) is 24.1 Å². The second-order valence-corrected chi connectivity index (χ2v) is 9.84.